The second-order valence-electron chi connectivity index (χ2n) is 3.32. The first-order valence-electron chi connectivity index (χ1n) is 5.01. The third kappa shape index (κ3) is 2.58. The van der Waals surface area contributed by atoms with Crippen LogP contribution in [-0.2, 0) is 6.42 Å². The van der Waals surface area contributed by atoms with Gasteiger partial charge in [-0.2, -0.15) is 0 Å². The van der Waals surface area contributed by atoms with Crippen molar-refractivity contribution in [3.05, 3.63) is 34.6 Å². The number of halogens is 1. The quantitative estimate of drug-likeness (QED) is 0.910. The highest BCUT2D eigenvalue weighted by atomic mass is 35.5. The van der Waals surface area contributed by atoms with Crippen LogP contribution in [0.4, 0.5) is 0 Å². The van der Waals surface area contributed by atoms with Crippen LogP contribution < -0.4 is 5.32 Å². The second kappa shape index (κ2) is 5.39. The molecule has 84 valence electrons. The van der Waals surface area contributed by atoms with Crippen LogP contribution in [0.25, 0.3) is 10.6 Å². The van der Waals surface area contributed by atoms with E-state index < -0.39 is 0 Å². The van der Waals surface area contributed by atoms with Crippen molar-refractivity contribution in [1.82, 2.24) is 15.3 Å². The number of rotatable bonds is 4. The smallest absolute Gasteiger partial charge is 0.143 e. The molecule has 0 saturated carbocycles. The SMILES string of the molecule is CNCCc1sc(-c2ccncc2)nc1Cl. The summed E-state index contributed by atoms with van der Waals surface area (Å²) in [6.07, 6.45) is 4.44. The first kappa shape index (κ1) is 11.5. The van der Waals surface area contributed by atoms with Crippen molar-refractivity contribution in [1.29, 1.82) is 0 Å². The van der Waals surface area contributed by atoms with E-state index in [4.69, 9.17) is 11.6 Å². The average molecular weight is 254 g/mol. The van der Waals surface area contributed by atoms with Gasteiger partial charge in [-0.05, 0) is 32.1 Å². The van der Waals surface area contributed by atoms with E-state index in [1.54, 1.807) is 23.7 Å². The number of hydrogen-bond donors (Lipinski definition) is 1. The highest BCUT2D eigenvalue weighted by Gasteiger charge is 2.09. The van der Waals surface area contributed by atoms with Gasteiger partial charge in [-0.3, -0.25) is 4.98 Å². The summed E-state index contributed by atoms with van der Waals surface area (Å²) in [6, 6.07) is 3.88. The molecule has 0 aliphatic carbocycles. The van der Waals surface area contributed by atoms with Crippen LogP contribution in [0, 0.1) is 0 Å². The summed E-state index contributed by atoms with van der Waals surface area (Å²) >= 11 is 7.73. The third-order valence-electron chi connectivity index (χ3n) is 2.18. The fourth-order valence-corrected chi connectivity index (χ4v) is 2.65. The van der Waals surface area contributed by atoms with E-state index in [1.807, 2.05) is 19.2 Å². The van der Waals surface area contributed by atoms with Crippen molar-refractivity contribution in [3.8, 4) is 10.6 Å². The van der Waals surface area contributed by atoms with Crippen molar-refractivity contribution in [2.45, 2.75) is 6.42 Å². The van der Waals surface area contributed by atoms with Gasteiger partial charge in [-0.25, -0.2) is 4.98 Å². The molecule has 2 aromatic rings. The average Bonchev–Trinajstić information content (AvgIpc) is 2.69. The van der Waals surface area contributed by atoms with E-state index in [0.717, 1.165) is 28.4 Å². The van der Waals surface area contributed by atoms with Gasteiger partial charge in [0.1, 0.15) is 10.2 Å². The Hall–Kier alpha value is -0.970. The number of nitrogens with one attached hydrogen (secondary N) is 1. The van der Waals surface area contributed by atoms with Crippen molar-refractivity contribution in [3.63, 3.8) is 0 Å². The van der Waals surface area contributed by atoms with Gasteiger partial charge in [0.2, 0.25) is 0 Å². The summed E-state index contributed by atoms with van der Waals surface area (Å²) in [6.45, 7) is 0.914. The Bertz CT molecular complexity index is 456. The van der Waals surface area contributed by atoms with Gasteiger partial charge in [0.05, 0.1) is 0 Å². The molecule has 0 radical (unpaired) electrons. The van der Waals surface area contributed by atoms with Crippen molar-refractivity contribution in [2.75, 3.05) is 13.6 Å². The Kier molecular flexibility index (Phi) is 3.88. The van der Waals surface area contributed by atoms with E-state index in [0.29, 0.717) is 5.15 Å². The predicted octanol–water partition coefficient (Wildman–Crippen LogP) is 2.62. The lowest BCUT2D eigenvalue weighted by Crippen LogP contribution is -2.09. The standard InChI is InChI=1S/C11H12ClN3S/c1-13-5-4-9-10(12)15-11(16-9)8-2-6-14-7-3-8/h2-3,6-7,13H,4-5H2,1H3. The maximum atomic E-state index is 6.09. The highest BCUT2D eigenvalue weighted by molar-refractivity contribution is 7.15. The number of hydrogen-bond acceptors (Lipinski definition) is 4. The summed E-state index contributed by atoms with van der Waals surface area (Å²) < 4.78 is 0. The zero-order valence-corrected chi connectivity index (χ0v) is 10.5. The first-order valence-corrected chi connectivity index (χ1v) is 6.21. The van der Waals surface area contributed by atoms with Crippen molar-refractivity contribution < 1.29 is 0 Å². The molecule has 0 unspecified atom stereocenters. The van der Waals surface area contributed by atoms with E-state index in [2.05, 4.69) is 15.3 Å². The highest BCUT2D eigenvalue weighted by Crippen LogP contribution is 2.30. The summed E-state index contributed by atoms with van der Waals surface area (Å²) in [4.78, 5) is 9.47. The van der Waals surface area contributed by atoms with Gasteiger partial charge in [0, 0.05) is 22.8 Å². The fraction of sp³-hybridized carbons (Fsp3) is 0.273. The lowest BCUT2D eigenvalue weighted by atomic mass is 10.3. The summed E-state index contributed by atoms with van der Waals surface area (Å²) in [5.74, 6) is 0. The van der Waals surface area contributed by atoms with Crippen molar-refractivity contribution in [2.24, 2.45) is 0 Å². The minimum atomic E-state index is 0.618. The van der Waals surface area contributed by atoms with E-state index in [9.17, 15) is 0 Å². The summed E-state index contributed by atoms with van der Waals surface area (Å²) in [7, 11) is 1.93. The zero-order chi connectivity index (χ0) is 11.4. The number of pyridine rings is 1. The molecule has 2 heterocycles. The molecule has 1 N–H and O–H groups in total. The molecule has 0 saturated heterocycles. The topological polar surface area (TPSA) is 37.8 Å². The molecule has 0 aliphatic rings. The largest absolute Gasteiger partial charge is 0.319 e. The molecular formula is C11H12ClN3S. The van der Waals surface area contributed by atoms with Crippen LogP contribution in [0.3, 0.4) is 0 Å². The van der Waals surface area contributed by atoms with Gasteiger partial charge in [-0.15, -0.1) is 11.3 Å². The Morgan fingerprint density at radius 3 is 2.81 bits per heavy atom. The summed E-state index contributed by atoms with van der Waals surface area (Å²) in [5, 5.41) is 4.68. The molecule has 16 heavy (non-hydrogen) atoms. The maximum Gasteiger partial charge on any atom is 0.143 e. The third-order valence-corrected chi connectivity index (χ3v) is 3.77. The number of nitrogens with zero attached hydrogens (tertiary/aromatic N) is 2. The summed E-state index contributed by atoms with van der Waals surface area (Å²) in [5.41, 5.74) is 1.07. The molecule has 0 amide bonds. The minimum Gasteiger partial charge on any atom is -0.319 e. The normalized spacial score (nSPS) is 10.6. The molecule has 0 spiro atoms. The molecule has 2 aromatic heterocycles. The van der Waals surface area contributed by atoms with Crippen LogP contribution in [0.15, 0.2) is 24.5 Å². The Balaban J connectivity index is 2.24. The Labute approximate surface area is 104 Å². The predicted molar refractivity (Wildman–Crippen MR) is 68.0 cm³/mol. The lowest BCUT2D eigenvalue weighted by molar-refractivity contribution is 0.798. The van der Waals surface area contributed by atoms with E-state index in [-0.39, 0.29) is 0 Å². The molecule has 0 aliphatic heterocycles. The number of aromatic nitrogens is 2. The molecule has 5 heteroatoms. The Morgan fingerprint density at radius 1 is 1.38 bits per heavy atom. The van der Waals surface area contributed by atoms with Crippen LogP contribution in [0.2, 0.25) is 5.15 Å². The molecule has 2 rings (SSSR count). The van der Waals surface area contributed by atoms with Gasteiger partial charge >= 0.3 is 0 Å². The van der Waals surface area contributed by atoms with Crippen LogP contribution >= 0.6 is 22.9 Å². The molecule has 0 atom stereocenters. The fourth-order valence-electron chi connectivity index (χ4n) is 1.34. The van der Waals surface area contributed by atoms with Gasteiger partial charge in [-0.1, -0.05) is 11.6 Å². The van der Waals surface area contributed by atoms with Gasteiger partial charge in [0.15, 0.2) is 0 Å². The number of likely N-dealkylation sites (N-methyl/N-ethyl adjacent to an activating group) is 1. The van der Waals surface area contributed by atoms with Crippen molar-refractivity contribution >= 4 is 22.9 Å². The first-order chi connectivity index (χ1) is 7.81. The molecule has 3 nitrogen and oxygen atoms in total. The van der Waals surface area contributed by atoms with Crippen LogP contribution in [0.5, 0.6) is 0 Å². The van der Waals surface area contributed by atoms with Crippen LogP contribution in [-0.4, -0.2) is 23.6 Å². The Morgan fingerprint density at radius 2 is 2.12 bits per heavy atom. The monoisotopic (exact) mass is 253 g/mol. The molecule has 0 aromatic carbocycles. The lowest BCUT2D eigenvalue weighted by Gasteiger charge is -1.95. The second-order valence-corrected chi connectivity index (χ2v) is 4.76. The molecule has 0 bridgehead atoms. The molecule has 0 fully saturated rings. The zero-order valence-electron chi connectivity index (χ0n) is 8.90. The van der Waals surface area contributed by atoms with Crippen LogP contribution in [0.1, 0.15) is 4.88 Å². The van der Waals surface area contributed by atoms with Gasteiger partial charge in [0.25, 0.3) is 0 Å². The maximum absolute atomic E-state index is 6.09. The van der Waals surface area contributed by atoms with E-state index in [1.165, 1.54) is 0 Å². The molecular weight excluding hydrogens is 242 g/mol. The van der Waals surface area contributed by atoms with Gasteiger partial charge < -0.3 is 5.32 Å². The van der Waals surface area contributed by atoms with E-state index >= 15 is 0 Å². The number of thiazole rings is 1. The minimum absolute atomic E-state index is 0.618.